The van der Waals surface area contributed by atoms with Crippen molar-refractivity contribution < 1.29 is 19.1 Å². The summed E-state index contributed by atoms with van der Waals surface area (Å²) in [6.07, 6.45) is 0.283. The summed E-state index contributed by atoms with van der Waals surface area (Å²) in [4.78, 5) is 25.5. The maximum atomic E-state index is 13.1. The maximum absolute atomic E-state index is 13.1. The van der Waals surface area contributed by atoms with E-state index in [4.69, 9.17) is 9.47 Å². The molecule has 0 spiro atoms. The molecule has 0 heterocycles. The average molecular weight is 440 g/mol. The van der Waals surface area contributed by atoms with E-state index < -0.39 is 12.0 Å². The van der Waals surface area contributed by atoms with Crippen molar-refractivity contribution in [2.45, 2.75) is 19.1 Å². The first-order valence-corrected chi connectivity index (χ1v) is 10.8. The van der Waals surface area contributed by atoms with Gasteiger partial charge in [0.1, 0.15) is 18.4 Å². The van der Waals surface area contributed by atoms with E-state index in [2.05, 4.69) is 5.32 Å². The summed E-state index contributed by atoms with van der Waals surface area (Å²) < 4.78 is 10.9. The summed E-state index contributed by atoms with van der Waals surface area (Å²) in [5, 5.41) is 4.64. The van der Waals surface area contributed by atoms with Crippen molar-refractivity contribution in [3.8, 4) is 5.75 Å². The molecule has 1 N–H and O–H groups in total. The Morgan fingerprint density at radius 2 is 1.52 bits per heavy atom. The Kier molecular flexibility index (Phi) is 7.00. The number of esters is 1. The van der Waals surface area contributed by atoms with Crippen LogP contribution in [0.2, 0.25) is 0 Å². The molecular formula is C28H25NO4. The van der Waals surface area contributed by atoms with Crippen LogP contribution in [0.15, 0.2) is 97.1 Å². The molecule has 5 nitrogen and oxygen atoms in total. The van der Waals surface area contributed by atoms with Crippen LogP contribution in [0.3, 0.4) is 0 Å². The lowest BCUT2D eigenvalue weighted by molar-refractivity contribution is -0.142. The first kappa shape index (κ1) is 22.1. The average Bonchev–Trinajstić information content (AvgIpc) is 2.87. The monoisotopic (exact) mass is 439 g/mol. The van der Waals surface area contributed by atoms with E-state index in [-0.39, 0.29) is 12.3 Å². The van der Waals surface area contributed by atoms with Crippen LogP contribution in [-0.4, -0.2) is 25.0 Å². The Labute approximate surface area is 193 Å². The highest BCUT2D eigenvalue weighted by atomic mass is 16.5. The van der Waals surface area contributed by atoms with Crippen molar-refractivity contribution in [3.05, 3.63) is 114 Å². The third kappa shape index (κ3) is 5.57. The number of benzene rings is 4. The van der Waals surface area contributed by atoms with Crippen LogP contribution in [0.1, 0.15) is 21.5 Å². The fourth-order valence-electron chi connectivity index (χ4n) is 3.73. The van der Waals surface area contributed by atoms with E-state index in [0.717, 1.165) is 21.9 Å². The summed E-state index contributed by atoms with van der Waals surface area (Å²) in [5.74, 6) is -0.127. The third-order valence-corrected chi connectivity index (χ3v) is 5.41. The number of amides is 1. The first-order valence-electron chi connectivity index (χ1n) is 10.8. The van der Waals surface area contributed by atoms with E-state index in [9.17, 15) is 9.59 Å². The van der Waals surface area contributed by atoms with Gasteiger partial charge in [-0.25, -0.2) is 4.79 Å². The van der Waals surface area contributed by atoms with Gasteiger partial charge in [0.05, 0.1) is 7.11 Å². The second-order valence-corrected chi connectivity index (χ2v) is 7.70. The van der Waals surface area contributed by atoms with Gasteiger partial charge in [0.25, 0.3) is 5.91 Å². The summed E-state index contributed by atoms with van der Waals surface area (Å²) in [6, 6.07) is 29.8. The minimum absolute atomic E-state index is 0.283. The number of methoxy groups -OCH3 is 1. The third-order valence-electron chi connectivity index (χ3n) is 5.41. The van der Waals surface area contributed by atoms with Gasteiger partial charge >= 0.3 is 5.97 Å². The predicted molar refractivity (Wildman–Crippen MR) is 128 cm³/mol. The largest absolute Gasteiger partial charge is 0.489 e. The van der Waals surface area contributed by atoms with Gasteiger partial charge in [-0.1, -0.05) is 78.9 Å². The number of fused-ring (bicyclic) bond motifs is 1. The fraction of sp³-hybridized carbons (Fsp3) is 0.143. The van der Waals surface area contributed by atoms with Crippen LogP contribution < -0.4 is 10.1 Å². The number of ether oxygens (including phenoxy) is 2. The van der Waals surface area contributed by atoms with Crippen LogP contribution in [0.25, 0.3) is 10.8 Å². The molecule has 0 bridgehead atoms. The summed E-state index contributed by atoms with van der Waals surface area (Å²) in [7, 11) is 1.32. The van der Waals surface area contributed by atoms with Crippen LogP contribution in [0, 0.1) is 0 Å². The van der Waals surface area contributed by atoms with E-state index in [0.29, 0.717) is 17.9 Å². The molecule has 0 saturated carbocycles. The highest BCUT2D eigenvalue weighted by Gasteiger charge is 2.23. The molecule has 0 unspecified atom stereocenters. The Morgan fingerprint density at radius 1 is 0.818 bits per heavy atom. The Hall–Kier alpha value is -4.12. The van der Waals surface area contributed by atoms with E-state index in [1.165, 1.54) is 7.11 Å². The van der Waals surface area contributed by atoms with Gasteiger partial charge in [-0.2, -0.15) is 0 Å². The first-order chi connectivity index (χ1) is 16.1. The SMILES string of the molecule is COC(=O)[C@H](Cc1cccc(OCc2ccccc2)c1)NC(=O)c1cccc2ccccc12. The van der Waals surface area contributed by atoms with Crippen LogP contribution in [0.4, 0.5) is 0 Å². The molecule has 0 aliphatic carbocycles. The highest BCUT2D eigenvalue weighted by molar-refractivity contribution is 6.08. The van der Waals surface area contributed by atoms with Crippen molar-refractivity contribution in [1.82, 2.24) is 5.32 Å². The molecule has 4 rings (SSSR count). The van der Waals surface area contributed by atoms with Crippen molar-refractivity contribution in [2.75, 3.05) is 7.11 Å². The lowest BCUT2D eigenvalue weighted by Crippen LogP contribution is -2.43. The number of carbonyl (C=O) groups is 2. The molecule has 1 amide bonds. The van der Waals surface area contributed by atoms with Crippen molar-refractivity contribution in [1.29, 1.82) is 0 Å². The van der Waals surface area contributed by atoms with Crippen molar-refractivity contribution in [3.63, 3.8) is 0 Å². The lowest BCUT2D eigenvalue weighted by atomic mass is 10.0. The zero-order chi connectivity index (χ0) is 23.0. The molecule has 4 aromatic rings. The van der Waals surface area contributed by atoms with Gasteiger partial charge in [0, 0.05) is 12.0 Å². The molecule has 33 heavy (non-hydrogen) atoms. The summed E-state index contributed by atoms with van der Waals surface area (Å²) in [5.41, 5.74) is 2.44. The zero-order valence-electron chi connectivity index (χ0n) is 18.4. The molecule has 0 saturated heterocycles. The Morgan fingerprint density at radius 3 is 2.33 bits per heavy atom. The number of nitrogens with one attached hydrogen (secondary N) is 1. The van der Waals surface area contributed by atoms with Crippen molar-refractivity contribution in [2.24, 2.45) is 0 Å². The number of rotatable bonds is 8. The van der Waals surface area contributed by atoms with Gasteiger partial charge in [0.2, 0.25) is 0 Å². The second kappa shape index (κ2) is 10.5. The quantitative estimate of drug-likeness (QED) is 0.395. The molecular weight excluding hydrogens is 414 g/mol. The van der Waals surface area contributed by atoms with Crippen molar-refractivity contribution >= 4 is 22.6 Å². The molecule has 5 heteroatoms. The van der Waals surface area contributed by atoms with Gasteiger partial charge in [-0.15, -0.1) is 0 Å². The van der Waals surface area contributed by atoms with E-state index in [1.54, 1.807) is 6.07 Å². The Bertz CT molecular complexity index is 1250. The summed E-state index contributed by atoms with van der Waals surface area (Å²) in [6.45, 7) is 0.447. The smallest absolute Gasteiger partial charge is 0.328 e. The molecule has 0 aliphatic rings. The minimum Gasteiger partial charge on any atom is -0.489 e. The second-order valence-electron chi connectivity index (χ2n) is 7.70. The highest BCUT2D eigenvalue weighted by Crippen LogP contribution is 2.20. The number of hydrogen-bond acceptors (Lipinski definition) is 4. The Balaban J connectivity index is 1.49. The molecule has 166 valence electrons. The van der Waals surface area contributed by atoms with Crippen LogP contribution >= 0.6 is 0 Å². The maximum Gasteiger partial charge on any atom is 0.328 e. The number of carbonyl (C=O) groups excluding carboxylic acids is 2. The molecule has 0 aliphatic heterocycles. The minimum atomic E-state index is -0.828. The normalized spacial score (nSPS) is 11.5. The molecule has 0 radical (unpaired) electrons. The molecule has 4 aromatic carbocycles. The van der Waals surface area contributed by atoms with Gasteiger partial charge < -0.3 is 14.8 Å². The molecule has 0 aromatic heterocycles. The predicted octanol–water partition coefficient (Wildman–Crippen LogP) is 4.93. The van der Waals surface area contributed by atoms with E-state index >= 15 is 0 Å². The number of hydrogen-bond donors (Lipinski definition) is 1. The van der Waals surface area contributed by atoms with Gasteiger partial charge in [-0.05, 0) is 40.1 Å². The van der Waals surface area contributed by atoms with E-state index in [1.807, 2.05) is 91.0 Å². The van der Waals surface area contributed by atoms with Crippen LogP contribution in [0.5, 0.6) is 5.75 Å². The summed E-state index contributed by atoms with van der Waals surface area (Å²) >= 11 is 0. The van der Waals surface area contributed by atoms with Crippen LogP contribution in [-0.2, 0) is 22.6 Å². The zero-order valence-corrected chi connectivity index (χ0v) is 18.4. The molecule has 0 fully saturated rings. The van der Waals surface area contributed by atoms with Gasteiger partial charge in [-0.3, -0.25) is 4.79 Å². The molecule has 1 atom stereocenters. The van der Waals surface area contributed by atoms with Gasteiger partial charge in [0.15, 0.2) is 0 Å². The standard InChI is InChI=1S/C28H25NO4/c1-32-28(31)26(29-27(30)25-16-8-13-22-12-5-6-15-24(22)25)18-21-11-7-14-23(17-21)33-19-20-9-3-2-4-10-20/h2-17,26H,18-19H2,1H3,(H,29,30)/t26-/m0/s1. The fourth-order valence-corrected chi connectivity index (χ4v) is 3.73. The topological polar surface area (TPSA) is 64.6 Å². The lowest BCUT2D eigenvalue weighted by Gasteiger charge is -2.18.